The predicted octanol–water partition coefficient (Wildman–Crippen LogP) is 2.29. The molecule has 142 valence electrons. The lowest BCUT2D eigenvalue weighted by atomic mass is 10.2. The van der Waals surface area contributed by atoms with Crippen LogP contribution in [0.3, 0.4) is 0 Å². The maximum absolute atomic E-state index is 13.6. The molecule has 0 aliphatic carbocycles. The van der Waals surface area contributed by atoms with Gasteiger partial charge >= 0.3 is 0 Å². The van der Waals surface area contributed by atoms with E-state index in [1.165, 1.54) is 24.4 Å². The summed E-state index contributed by atoms with van der Waals surface area (Å²) in [6, 6.07) is 9.08. The molecule has 0 bridgehead atoms. The minimum absolute atomic E-state index is 0.0796. The fraction of sp³-hybridized carbons (Fsp3) is 0.235. The third-order valence-electron chi connectivity index (χ3n) is 3.50. The monoisotopic (exact) mass is 392 g/mol. The maximum atomic E-state index is 13.6. The molecule has 0 radical (unpaired) electrons. The van der Waals surface area contributed by atoms with E-state index in [2.05, 4.69) is 19.8 Å². The van der Waals surface area contributed by atoms with Crippen LogP contribution in [-0.4, -0.2) is 30.1 Å². The Balaban J connectivity index is 1.63. The number of rotatable bonds is 8. The number of pyridine rings is 1. The Bertz CT molecular complexity index is 1010. The number of hydrogen-bond acceptors (Lipinski definition) is 7. The quantitative estimate of drug-likeness (QED) is 0.627. The molecule has 0 aliphatic heterocycles. The van der Waals surface area contributed by atoms with Gasteiger partial charge in [-0.25, -0.2) is 22.5 Å². The van der Waals surface area contributed by atoms with Gasteiger partial charge in [0.15, 0.2) is 0 Å². The molecule has 0 saturated heterocycles. The van der Waals surface area contributed by atoms with E-state index < -0.39 is 21.6 Å². The molecule has 0 fully saturated rings. The average molecular weight is 392 g/mol. The van der Waals surface area contributed by atoms with Crippen LogP contribution in [0.5, 0.6) is 5.88 Å². The summed E-state index contributed by atoms with van der Waals surface area (Å²) in [5, 5.41) is 3.80. The van der Waals surface area contributed by atoms with Crippen molar-refractivity contribution in [2.24, 2.45) is 0 Å². The highest BCUT2D eigenvalue weighted by Crippen LogP contribution is 2.17. The highest BCUT2D eigenvalue weighted by molar-refractivity contribution is 7.88. The second-order valence-electron chi connectivity index (χ2n) is 5.50. The fourth-order valence-electron chi connectivity index (χ4n) is 2.23. The highest BCUT2D eigenvalue weighted by atomic mass is 32.2. The van der Waals surface area contributed by atoms with Gasteiger partial charge in [-0.2, -0.15) is 4.98 Å². The van der Waals surface area contributed by atoms with Crippen LogP contribution in [0.25, 0.3) is 11.4 Å². The number of halogens is 1. The Morgan fingerprint density at radius 1 is 1.22 bits per heavy atom. The fourth-order valence-corrected chi connectivity index (χ4v) is 3.32. The number of sulfonamides is 1. The van der Waals surface area contributed by atoms with E-state index >= 15 is 0 Å². The van der Waals surface area contributed by atoms with Gasteiger partial charge in [0.1, 0.15) is 5.82 Å². The van der Waals surface area contributed by atoms with E-state index in [4.69, 9.17) is 9.26 Å². The molecule has 0 saturated carbocycles. The molecular formula is C17H17FN4O4S. The van der Waals surface area contributed by atoms with Gasteiger partial charge in [0.2, 0.25) is 27.6 Å². The van der Waals surface area contributed by atoms with E-state index in [-0.39, 0.29) is 23.8 Å². The lowest BCUT2D eigenvalue weighted by molar-refractivity contribution is 0.327. The van der Waals surface area contributed by atoms with Crippen molar-refractivity contribution >= 4 is 10.0 Å². The van der Waals surface area contributed by atoms with Crippen molar-refractivity contribution in [2.45, 2.75) is 19.2 Å². The summed E-state index contributed by atoms with van der Waals surface area (Å²) in [5.41, 5.74) is 0.680. The molecule has 27 heavy (non-hydrogen) atoms. The lowest BCUT2D eigenvalue weighted by Crippen LogP contribution is -2.25. The zero-order valence-corrected chi connectivity index (χ0v) is 15.2. The van der Waals surface area contributed by atoms with Crippen LogP contribution in [0.15, 0.2) is 47.1 Å². The summed E-state index contributed by atoms with van der Waals surface area (Å²) >= 11 is 0. The number of ether oxygens (including phenoxy) is 1. The summed E-state index contributed by atoms with van der Waals surface area (Å²) in [6.45, 7) is 2.16. The second-order valence-corrected chi connectivity index (χ2v) is 7.31. The van der Waals surface area contributed by atoms with Crippen molar-refractivity contribution in [3.8, 4) is 17.3 Å². The van der Waals surface area contributed by atoms with Gasteiger partial charge in [-0.05, 0) is 19.1 Å². The SMILES string of the molecule is CCOc1ccc(-c2noc(CNS(=O)(=O)Cc3ccccc3F)n2)cn1. The molecule has 2 heterocycles. The molecule has 0 amide bonds. The topological polar surface area (TPSA) is 107 Å². The van der Waals surface area contributed by atoms with Crippen LogP contribution in [-0.2, 0) is 22.3 Å². The molecule has 0 unspecified atom stereocenters. The third-order valence-corrected chi connectivity index (χ3v) is 4.78. The number of nitrogens with one attached hydrogen (secondary N) is 1. The van der Waals surface area contributed by atoms with Crippen molar-refractivity contribution in [1.29, 1.82) is 0 Å². The first-order chi connectivity index (χ1) is 13.0. The molecule has 0 atom stereocenters. The van der Waals surface area contributed by atoms with Crippen LogP contribution in [0.4, 0.5) is 4.39 Å². The standard InChI is InChI=1S/C17H17FN4O4S/c1-2-25-15-8-7-12(9-19-15)17-21-16(26-22-17)10-20-27(23,24)11-13-5-3-4-6-14(13)18/h3-9,20H,2,10-11H2,1H3. The van der Waals surface area contributed by atoms with Crippen LogP contribution >= 0.6 is 0 Å². The largest absolute Gasteiger partial charge is 0.478 e. The summed E-state index contributed by atoms with van der Waals surface area (Å²) in [7, 11) is -3.77. The predicted molar refractivity (Wildman–Crippen MR) is 94.6 cm³/mol. The zero-order valence-electron chi connectivity index (χ0n) is 14.4. The Hall–Kier alpha value is -2.85. The first kappa shape index (κ1) is 18.9. The first-order valence-electron chi connectivity index (χ1n) is 8.09. The highest BCUT2D eigenvalue weighted by Gasteiger charge is 2.16. The Morgan fingerprint density at radius 3 is 2.74 bits per heavy atom. The third kappa shape index (κ3) is 5.08. The van der Waals surface area contributed by atoms with Crippen LogP contribution in [0.2, 0.25) is 0 Å². The minimum atomic E-state index is -3.77. The van der Waals surface area contributed by atoms with Gasteiger partial charge in [0.05, 0.1) is 18.9 Å². The zero-order chi connectivity index (χ0) is 19.3. The number of hydrogen-bond donors (Lipinski definition) is 1. The summed E-state index contributed by atoms with van der Waals surface area (Å²) in [5.74, 6) is -0.231. The molecule has 3 rings (SSSR count). The Labute approximate surface area is 155 Å². The maximum Gasteiger partial charge on any atom is 0.242 e. The van der Waals surface area contributed by atoms with Gasteiger partial charge in [-0.1, -0.05) is 23.4 Å². The van der Waals surface area contributed by atoms with Gasteiger partial charge in [-0.3, -0.25) is 0 Å². The van der Waals surface area contributed by atoms with Gasteiger partial charge in [0, 0.05) is 23.4 Å². The van der Waals surface area contributed by atoms with Gasteiger partial charge in [0.25, 0.3) is 0 Å². The smallest absolute Gasteiger partial charge is 0.242 e. The number of benzene rings is 1. The minimum Gasteiger partial charge on any atom is -0.478 e. The normalized spacial score (nSPS) is 11.5. The Morgan fingerprint density at radius 2 is 2.04 bits per heavy atom. The molecule has 1 N–H and O–H groups in total. The van der Waals surface area contributed by atoms with E-state index in [1.807, 2.05) is 6.92 Å². The van der Waals surface area contributed by atoms with E-state index in [1.54, 1.807) is 18.2 Å². The van der Waals surface area contributed by atoms with E-state index in [0.29, 0.717) is 18.1 Å². The number of aromatic nitrogens is 3. The molecule has 3 aromatic rings. The van der Waals surface area contributed by atoms with Crippen molar-refractivity contribution in [1.82, 2.24) is 19.8 Å². The van der Waals surface area contributed by atoms with Crippen molar-refractivity contribution in [3.05, 3.63) is 59.9 Å². The summed E-state index contributed by atoms with van der Waals surface area (Å²) < 4.78 is 50.4. The summed E-state index contributed by atoms with van der Waals surface area (Å²) in [6.07, 6.45) is 1.53. The van der Waals surface area contributed by atoms with Gasteiger partial charge in [-0.15, -0.1) is 0 Å². The molecule has 10 heteroatoms. The second kappa shape index (κ2) is 8.23. The molecule has 8 nitrogen and oxygen atoms in total. The lowest BCUT2D eigenvalue weighted by Gasteiger charge is -2.05. The van der Waals surface area contributed by atoms with Crippen LogP contribution < -0.4 is 9.46 Å². The molecule has 0 aliphatic rings. The van der Waals surface area contributed by atoms with Crippen LogP contribution in [0, 0.1) is 5.82 Å². The molecule has 0 spiro atoms. The molecular weight excluding hydrogens is 375 g/mol. The van der Waals surface area contributed by atoms with E-state index in [9.17, 15) is 12.8 Å². The number of nitrogens with zero attached hydrogens (tertiary/aromatic N) is 3. The van der Waals surface area contributed by atoms with Gasteiger partial charge < -0.3 is 9.26 Å². The van der Waals surface area contributed by atoms with E-state index in [0.717, 1.165) is 0 Å². The van der Waals surface area contributed by atoms with Crippen molar-refractivity contribution in [2.75, 3.05) is 6.61 Å². The average Bonchev–Trinajstić information content (AvgIpc) is 3.12. The van der Waals surface area contributed by atoms with Crippen molar-refractivity contribution in [3.63, 3.8) is 0 Å². The molecule has 1 aromatic carbocycles. The summed E-state index contributed by atoms with van der Waals surface area (Å²) in [4.78, 5) is 8.23. The first-order valence-corrected chi connectivity index (χ1v) is 9.74. The Kier molecular flexibility index (Phi) is 5.77. The van der Waals surface area contributed by atoms with Crippen LogP contribution in [0.1, 0.15) is 18.4 Å². The van der Waals surface area contributed by atoms with Crippen molar-refractivity contribution < 1.29 is 22.1 Å². The molecule has 2 aromatic heterocycles.